The van der Waals surface area contributed by atoms with Gasteiger partial charge in [0.25, 0.3) is 5.56 Å². The summed E-state index contributed by atoms with van der Waals surface area (Å²) in [6, 6.07) is 1.32. The Kier molecular flexibility index (Phi) is 3.64. The zero-order valence-corrected chi connectivity index (χ0v) is 11.6. The molecule has 1 fully saturated rings. The largest absolute Gasteiger partial charge is 0.388 e. The van der Waals surface area contributed by atoms with E-state index in [-0.39, 0.29) is 6.04 Å². The first-order chi connectivity index (χ1) is 8.81. The minimum absolute atomic E-state index is 0.354. The topological polar surface area (TPSA) is 78.3 Å². The maximum absolute atomic E-state index is 11.9. The molecule has 2 atom stereocenters. The zero-order chi connectivity index (χ0) is 14.2. The van der Waals surface area contributed by atoms with E-state index in [4.69, 9.17) is 0 Å². The monoisotopic (exact) mass is 267 g/mol. The predicted molar refractivity (Wildman–Crippen MR) is 72.3 cm³/mol. The summed E-state index contributed by atoms with van der Waals surface area (Å²) < 4.78 is 1.43. The molecule has 0 saturated carbocycles. The van der Waals surface area contributed by atoms with Gasteiger partial charge in [0.2, 0.25) is 0 Å². The van der Waals surface area contributed by atoms with Gasteiger partial charge in [0.1, 0.15) is 0 Å². The molecule has 1 aromatic rings. The average Bonchev–Trinajstić information content (AvgIpc) is 2.29. The van der Waals surface area contributed by atoms with Gasteiger partial charge in [0.15, 0.2) is 0 Å². The fourth-order valence-electron chi connectivity index (χ4n) is 2.58. The lowest BCUT2D eigenvalue weighted by Gasteiger charge is -2.44. The van der Waals surface area contributed by atoms with Crippen LogP contribution in [-0.4, -0.2) is 44.3 Å². The second kappa shape index (κ2) is 4.94. The Labute approximate surface area is 111 Å². The van der Waals surface area contributed by atoms with Crippen LogP contribution >= 0.6 is 0 Å². The molecule has 6 heteroatoms. The van der Waals surface area contributed by atoms with E-state index in [1.54, 1.807) is 6.92 Å². The van der Waals surface area contributed by atoms with Crippen molar-refractivity contribution in [3.63, 3.8) is 0 Å². The number of nitrogens with zero attached hydrogens (tertiary/aromatic N) is 2. The van der Waals surface area contributed by atoms with E-state index in [1.807, 2.05) is 0 Å². The smallest absolute Gasteiger partial charge is 0.328 e. The number of aromatic nitrogens is 2. The number of rotatable bonds is 2. The number of nitrogens with one attached hydrogen (secondary N) is 1. The quantitative estimate of drug-likeness (QED) is 0.787. The van der Waals surface area contributed by atoms with Crippen LogP contribution in [0.15, 0.2) is 21.9 Å². The Balaban J connectivity index is 2.38. The van der Waals surface area contributed by atoms with Crippen LogP contribution in [-0.2, 0) is 0 Å². The van der Waals surface area contributed by atoms with Crippen LogP contribution in [0.1, 0.15) is 33.2 Å². The third-order valence-corrected chi connectivity index (χ3v) is 3.95. The van der Waals surface area contributed by atoms with Gasteiger partial charge in [0, 0.05) is 31.4 Å². The summed E-state index contributed by atoms with van der Waals surface area (Å²) in [5.74, 6) is 0. The molecule has 0 amide bonds. The van der Waals surface area contributed by atoms with Crippen LogP contribution in [0.2, 0.25) is 0 Å². The van der Waals surface area contributed by atoms with E-state index in [9.17, 15) is 14.7 Å². The molecule has 1 saturated heterocycles. The van der Waals surface area contributed by atoms with Crippen molar-refractivity contribution in [3.8, 4) is 0 Å². The molecular weight excluding hydrogens is 246 g/mol. The molecule has 0 aliphatic carbocycles. The van der Waals surface area contributed by atoms with Crippen LogP contribution in [0.5, 0.6) is 0 Å². The van der Waals surface area contributed by atoms with Crippen molar-refractivity contribution < 1.29 is 5.11 Å². The minimum Gasteiger partial charge on any atom is -0.388 e. The lowest BCUT2D eigenvalue weighted by atomic mass is 9.87. The van der Waals surface area contributed by atoms with Crippen molar-refractivity contribution in [3.05, 3.63) is 33.1 Å². The number of hydrogen-bond acceptors (Lipinski definition) is 4. The summed E-state index contributed by atoms with van der Waals surface area (Å²) in [6.07, 6.45) is 2.06. The summed E-state index contributed by atoms with van der Waals surface area (Å²) in [5.41, 5.74) is -1.84. The molecule has 1 aromatic heterocycles. The normalized spacial score (nSPS) is 28.8. The van der Waals surface area contributed by atoms with Gasteiger partial charge in [-0.1, -0.05) is 0 Å². The Morgan fingerprint density at radius 2 is 2.16 bits per heavy atom. The molecule has 0 aromatic carbocycles. The highest BCUT2D eigenvalue weighted by Crippen LogP contribution is 2.31. The molecule has 6 nitrogen and oxygen atoms in total. The highest BCUT2D eigenvalue weighted by molar-refractivity contribution is 4.98. The van der Waals surface area contributed by atoms with Crippen molar-refractivity contribution >= 4 is 0 Å². The summed E-state index contributed by atoms with van der Waals surface area (Å²) in [7, 11) is 0. The summed E-state index contributed by atoms with van der Waals surface area (Å²) in [4.78, 5) is 27.5. The van der Waals surface area contributed by atoms with Crippen molar-refractivity contribution in [2.75, 3.05) is 13.1 Å². The number of H-pyrrole nitrogens is 1. The molecule has 0 bridgehead atoms. The minimum atomic E-state index is -0.951. The van der Waals surface area contributed by atoms with Crippen LogP contribution in [0.4, 0.5) is 0 Å². The third kappa shape index (κ3) is 2.79. The fourth-order valence-corrected chi connectivity index (χ4v) is 2.58. The molecular formula is C13H21N3O3. The third-order valence-electron chi connectivity index (χ3n) is 3.95. The number of aliphatic hydroxyl groups is 1. The lowest BCUT2D eigenvalue weighted by Crippen LogP contribution is -2.55. The summed E-state index contributed by atoms with van der Waals surface area (Å²) in [6.45, 7) is 7.32. The first-order valence-electron chi connectivity index (χ1n) is 6.59. The van der Waals surface area contributed by atoms with E-state index < -0.39 is 16.9 Å². The molecule has 19 heavy (non-hydrogen) atoms. The van der Waals surface area contributed by atoms with Gasteiger partial charge in [-0.25, -0.2) is 4.79 Å². The van der Waals surface area contributed by atoms with Crippen LogP contribution < -0.4 is 11.2 Å². The van der Waals surface area contributed by atoms with Crippen LogP contribution in [0, 0.1) is 0 Å². The maximum atomic E-state index is 11.9. The number of hydrogen-bond donors (Lipinski definition) is 2. The van der Waals surface area contributed by atoms with E-state index >= 15 is 0 Å². The van der Waals surface area contributed by atoms with Gasteiger partial charge >= 0.3 is 5.69 Å². The van der Waals surface area contributed by atoms with Gasteiger partial charge in [-0.3, -0.25) is 19.2 Å². The zero-order valence-electron chi connectivity index (χ0n) is 11.6. The number of piperidine rings is 1. The van der Waals surface area contributed by atoms with Gasteiger partial charge in [0.05, 0.1) is 11.6 Å². The van der Waals surface area contributed by atoms with Crippen molar-refractivity contribution in [2.45, 2.75) is 44.9 Å². The molecule has 1 aliphatic rings. The average molecular weight is 267 g/mol. The Bertz CT molecular complexity index is 559. The van der Waals surface area contributed by atoms with Gasteiger partial charge in [-0.15, -0.1) is 0 Å². The molecule has 0 spiro atoms. The molecule has 1 aliphatic heterocycles. The predicted octanol–water partition coefficient (Wildman–Crippen LogP) is -0.0572. The van der Waals surface area contributed by atoms with Crippen molar-refractivity contribution in [2.24, 2.45) is 0 Å². The van der Waals surface area contributed by atoms with Crippen LogP contribution in [0.3, 0.4) is 0 Å². The van der Waals surface area contributed by atoms with Crippen molar-refractivity contribution in [1.29, 1.82) is 0 Å². The van der Waals surface area contributed by atoms with Crippen LogP contribution in [0.25, 0.3) is 0 Å². The van der Waals surface area contributed by atoms with Gasteiger partial charge in [-0.2, -0.15) is 0 Å². The fraction of sp³-hybridized carbons (Fsp3) is 0.692. The Morgan fingerprint density at radius 3 is 2.74 bits per heavy atom. The second-order valence-corrected chi connectivity index (χ2v) is 5.73. The highest BCUT2D eigenvalue weighted by atomic mass is 16.3. The second-order valence-electron chi connectivity index (χ2n) is 5.73. The first kappa shape index (κ1) is 14.0. The van der Waals surface area contributed by atoms with E-state index in [0.717, 1.165) is 6.54 Å². The maximum Gasteiger partial charge on any atom is 0.328 e. The first-order valence-corrected chi connectivity index (χ1v) is 6.59. The number of aromatic amines is 1. The van der Waals surface area contributed by atoms with E-state index in [0.29, 0.717) is 19.0 Å². The molecule has 2 N–H and O–H groups in total. The van der Waals surface area contributed by atoms with Gasteiger partial charge in [-0.05, 0) is 27.2 Å². The summed E-state index contributed by atoms with van der Waals surface area (Å²) >= 11 is 0. The van der Waals surface area contributed by atoms with Crippen molar-refractivity contribution in [1.82, 2.24) is 14.5 Å². The standard InChI is InChI=1S/C13H21N3O3/c1-9(2)15-7-5-13(3,19)10(8-15)16-6-4-11(17)14-12(16)18/h4,6,9-10,19H,5,7-8H2,1-3H3,(H,14,17,18)/t10-,13-/m1/s1. The van der Waals surface area contributed by atoms with E-state index in [2.05, 4.69) is 23.7 Å². The molecule has 0 unspecified atom stereocenters. The lowest BCUT2D eigenvalue weighted by molar-refractivity contribution is -0.0586. The highest BCUT2D eigenvalue weighted by Gasteiger charge is 2.39. The SMILES string of the molecule is CC(C)N1CC[C@@](C)(O)[C@H](n2ccc(=O)[nH]c2=O)C1. The summed E-state index contributed by atoms with van der Waals surface area (Å²) in [5, 5.41) is 10.5. The molecule has 2 heterocycles. The van der Waals surface area contributed by atoms with E-state index in [1.165, 1.54) is 16.8 Å². The number of likely N-dealkylation sites (tertiary alicyclic amines) is 1. The molecule has 106 valence electrons. The molecule has 2 rings (SSSR count). The molecule has 0 radical (unpaired) electrons. The Morgan fingerprint density at radius 1 is 1.47 bits per heavy atom. The van der Waals surface area contributed by atoms with Gasteiger partial charge < -0.3 is 5.11 Å². The Hall–Kier alpha value is -1.40.